The third-order valence-electron chi connectivity index (χ3n) is 5.85. The van der Waals surface area contributed by atoms with E-state index in [-0.39, 0.29) is 16.6 Å². The number of amidine groups is 1. The van der Waals surface area contributed by atoms with Gasteiger partial charge in [-0.3, -0.25) is 9.59 Å². The summed E-state index contributed by atoms with van der Waals surface area (Å²) in [6.45, 7) is 8.03. The minimum Gasteiger partial charge on any atom is -0.397 e. The summed E-state index contributed by atoms with van der Waals surface area (Å²) in [4.78, 5) is 33.3. The second-order valence-electron chi connectivity index (χ2n) is 9.11. The molecule has 36 heavy (non-hydrogen) atoms. The van der Waals surface area contributed by atoms with Gasteiger partial charge in [-0.25, -0.2) is 8.42 Å². The predicted octanol–water partition coefficient (Wildman–Crippen LogP) is 2.68. The smallest absolute Gasteiger partial charge is 0.248 e. The van der Waals surface area contributed by atoms with Crippen LogP contribution in [-0.2, 0) is 24.4 Å². The molecule has 2 N–H and O–H groups in total. The van der Waals surface area contributed by atoms with Crippen LogP contribution < -0.4 is 10.0 Å². The zero-order chi connectivity index (χ0) is 26.3. The number of oxime groups is 1. The van der Waals surface area contributed by atoms with Gasteiger partial charge in [-0.2, -0.15) is 4.72 Å². The van der Waals surface area contributed by atoms with E-state index in [1.165, 1.54) is 24.1 Å². The molecule has 2 atom stereocenters. The number of hydrogen-bond acceptors (Lipinski definition) is 6. The van der Waals surface area contributed by atoms with Crippen molar-refractivity contribution in [1.29, 1.82) is 0 Å². The van der Waals surface area contributed by atoms with Crippen molar-refractivity contribution in [2.75, 3.05) is 13.7 Å². The molecule has 0 spiro atoms. The monoisotopic (exact) mass is 513 g/mol. The number of sulfonamides is 1. The van der Waals surface area contributed by atoms with Crippen LogP contribution >= 0.6 is 0 Å². The number of carbonyl (C=O) groups excluding carboxylic acids is 2. The predicted molar refractivity (Wildman–Crippen MR) is 137 cm³/mol. The Morgan fingerprint density at radius 3 is 2.42 bits per heavy atom. The first kappa shape index (κ1) is 27.3. The van der Waals surface area contributed by atoms with Gasteiger partial charge >= 0.3 is 0 Å². The third kappa shape index (κ3) is 6.92. The summed E-state index contributed by atoms with van der Waals surface area (Å²) in [6, 6.07) is 13.2. The summed E-state index contributed by atoms with van der Waals surface area (Å²) >= 11 is 0. The highest BCUT2D eigenvalue weighted by atomic mass is 32.2. The minimum absolute atomic E-state index is 0.0452. The fourth-order valence-corrected chi connectivity index (χ4v) is 5.35. The molecule has 0 aliphatic carbocycles. The molecule has 0 aromatic heterocycles. The number of carbonyl (C=O) groups is 2. The molecule has 2 aromatic rings. The first-order chi connectivity index (χ1) is 17.1. The molecule has 1 aliphatic heterocycles. The van der Waals surface area contributed by atoms with Crippen molar-refractivity contribution in [3.8, 4) is 0 Å². The summed E-state index contributed by atoms with van der Waals surface area (Å²) in [5, 5.41) is 6.70. The van der Waals surface area contributed by atoms with Gasteiger partial charge in [-0.05, 0) is 49.8 Å². The zero-order valence-corrected chi connectivity index (χ0v) is 21.6. The van der Waals surface area contributed by atoms with Crippen LogP contribution in [-0.4, -0.2) is 56.7 Å². The SMILES string of the molecule is [CH2]c1ccc(C(=NOC)NC(=O)[C@@H]2CCCN2C(=O)[C@@H](CC(C)C)NS(=O)(=O)c2ccccc2)cc1. The molecule has 1 fully saturated rings. The molecule has 10 heteroatoms. The number of amides is 2. The second kappa shape index (κ2) is 12.1. The maximum atomic E-state index is 13.6. The lowest BCUT2D eigenvalue weighted by Gasteiger charge is -2.29. The van der Waals surface area contributed by atoms with E-state index in [1.807, 2.05) is 13.8 Å². The van der Waals surface area contributed by atoms with Crippen LogP contribution in [0.4, 0.5) is 0 Å². The molecule has 3 rings (SSSR count). The van der Waals surface area contributed by atoms with Crippen molar-refractivity contribution in [2.24, 2.45) is 11.1 Å². The Morgan fingerprint density at radius 2 is 1.81 bits per heavy atom. The Bertz CT molecular complexity index is 1180. The standard InChI is InChI=1S/C26H33N4O5S/c1-18(2)17-22(29-36(33,34)21-9-6-5-7-10-21)26(32)30-16-8-11-23(30)25(31)27-24(28-35-4)20-14-12-19(3)13-15-20/h5-7,9-10,12-15,18,22-23,29H,3,8,11,16-17H2,1-2,4H3,(H,27,28,31)/t22-,23+/m1/s1. The van der Waals surface area contributed by atoms with Crippen molar-refractivity contribution in [1.82, 2.24) is 14.9 Å². The van der Waals surface area contributed by atoms with Gasteiger partial charge in [-0.1, -0.05) is 61.5 Å². The summed E-state index contributed by atoms with van der Waals surface area (Å²) in [6.07, 6.45) is 1.37. The largest absolute Gasteiger partial charge is 0.397 e. The quantitative estimate of drug-likeness (QED) is 0.304. The highest BCUT2D eigenvalue weighted by Gasteiger charge is 2.39. The van der Waals surface area contributed by atoms with E-state index in [0.717, 1.165) is 5.56 Å². The lowest BCUT2D eigenvalue weighted by atomic mass is 10.0. The van der Waals surface area contributed by atoms with Gasteiger partial charge in [0.25, 0.3) is 0 Å². The molecule has 0 saturated carbocycles. The molecule has 2 amide bonds. The van der Waals surface area contributed by atoms with E-state index in [1.54, 1.807) is 42.5 Å². The second-order valence-corrected chi connectivity index (χ2v) is 10.8. The van der Waals surface area contributed by atoms with Gasteiger partial charge in [0.15, 0.2) is 5.84 Å². The Labute approximate surface area is 212 Å². The van der Waals surface area contributed by atoms with Crippen molar-refractivity contribution >= 4 is 27.7 Å². The van der Waals surface area contributed by atoms with Crippen LogP contribution in [0.15, 0.2) is 64.6 Å². The van der Waals surface area contributed by atoms with Gasteiger partial charge in [0, 0.05) is 12.1 Å². The number of likely N-dealkylation sites (tertiary alicyclic amines) is 1. The van der Waals surface area contributed by atoms with E-state index in [9.17, 15) is 18.0 Å². The molecular formula is C26H33N4O5S. The van der Waals surface area contributed by atoms with Crippen LogP contribution in [0.25, 0.3) is 0 Å². The van der Waals surface area contributed by atoms with Crippen LogP contribution in [0.3, 0.4) is 0 Å². The minimum atomic E-state index is -3.92. The van der Waals surface area contributed by atoms with E-state index >= 15 is 0 Å². The van der Waals surface area contributed by atoms with Crippen LogP contribution in [0.2, 0.25) is 0 Å². The molecule has 2 aromatic carbocycles. The lowest BCUT2D eigenvalue weighted by molar-refractivity contribution is -0.139. The Kier molecular flexibility index (Phi) is 9.22. The molecule has 0 bridgehead atoms. The average molecular weight is 514 g/mol. The number of nitrogens with one attached hydrogen (secondary N) is 2. The first-order valence-electron chi connectivity index (χ1n) is 11.8. The van der Waals surface area contributed by atoms with E-state index in [2.05, 4.69) is 22.1 Å². The highest BCUT2D eigenvalue weighted by Crippen LogP contribution is 2.22. The maximum Gasteiger partial charge on any atom is 0.248 e. The Morgan fingerprint density at radius 1 is 1.14 bits per heavy atom. The maximum absolute atomic E-state index is 13.6. The molecular weight excluding hydrogens is 480 g/mol. The van der Waals surface area contributed by atoms with Crippen LogP contribution in [0.5, 0.6) is 0 Å². The Balaban J connectivity index is 1.80. The summed E-state index contributed by atoms with van der Waals surface area (Å²) < 4.78 is 28.5. The first-order valence-corrected chi connectivity index (χ1v) is 13.3. The van der Waals surface area contributed by atoms with Crippen molar-refractivity contribution in [2.45, 2.75) is 50.1 Å². The summed E-state index contributed by atoms with van der Waals surface area (Å²) in [5.74, 6) is -0.578. The molecule has 1 saturated heterocycles. The third-order valence-corrected chi connectivity index (χ3v) is 7.33. The van der Waals surface area contributed by atoms with Crippen molar-refractivity contribution < 1.29 is 22.8 Å². The normalized spacial score (nSPS) is 17.2. The van der Waals surface area contributed by atoms with Crippen molar-refractivity contribution in [3.63, 3.8) is 0 Å². The number of benzene rings is 2. The number of rotatable bonds is 9. The fourth-order valence-electron chi connectivity index (χ4n) is 4.13. The van der Waals surface area contributed by atoms with Gasteiger partial charge in [0.2, 0.25) is 21.8 Å². The molecule has 1 radical (unpaired) electrons. The molecule has 1 heterocycles. The summed E-state index contributed by atoms with van der Waals surface area (Å²) in [7, 11) is -2.54. The van der Waals surface area contributed by atoms with Crippen LogP contribution in [0.1, 0.15) is 44.2 Å². The van der Waals surface area contributed by atoms with E-state index in [4.69, 9.17) is 4.84 Å². The molecule has 0 unspecified atom stereocenters. The van der Waals surface area contributed by atoms with Gasteiger partial charge in [0.05, 0.1) is 4.90 Å². The van der Waals surface area contributed by atoms with Gasteiger partial charge < -0.3 is 15.1 Å². The van der Waals surface area contributed by atoms with E-state index < -0.39 is 33.9 Å². The summed E-state index contributed by atoms with van der Waals surface area (Å²) in [5.41, 5.74) is 1.44. The fraction of sp³-hybridized carbons (Fsp3) is 0.385. The Hall–Kier alpha value is -3.24. The lowest BCUT2D eigenvalue weighted by Crippen LogP contribution is -2.54. The van der Waals surface area contributed by atoms with Crippen molar-refractivity contribution in [3.05, 3.63) is 72.6 Å². The number of hydrogen-bond donors (Lipinski definition) is 2. The van der Waals surface area contributed by atoms with Crippen LogP contribution in [0, 0.1) is 12.8 Å². The molecule has 193 valence electrons. The zero-order valence-electron chi connectivity index (χ0n) is 20.8. The average Bonchev–Trinajstić information content (AvgIpc) is 3.34. The molecule has 9 nitrogen and oxygen atoms in total. The highest BCUT2D eigenvalue weighted by molar-refractivity contribution is 7.89. The topological polar surface area (TPSA) is 117 Å². The van der Waals surface area contributed by atoms with Gasteiger partial charge in [0.1, 0.15) is 19.2 Å². The van der Waals surface area contributed by atoms with Gasteiger partial charge in [-0.15, -0.1) is 0 Å². The molecule has 1 aliphatic rings. The number of nitrogens with zero attached hydrogens (tertiary/aromatic N) is 2. The van der Waals surface area contributed by atoms with E-state index in [0.29, 0.717) is 31.4 Å².